The van der Waals surface area contributed by atoms with Gasteiger partial charge in [-0.2, -0.15) is 0 Å². The second-order valence-corrected chi connectivity index (χ2v) is 9.65. The number of nitrogen functional groups attached to an aromatic ring is 1. The predicted molar refractivity (Wildman–Crippen MR) is 121 cm³/mol. The Bertz CT molecular complexity index is 1660. The Balaban J connectivity index is 1.65. The second kappa shape index (κ2) is 9.76. The van der Waals surface area contributed by atoms with Crippen molar-refractivity contribution in [1.82, 2.24) is 19.5 Å². The number of phosphoric acid groups is 1. The number of nitro groups is 3. The van der Waals surface area contributed by atoms with E-state index < -0.39 is 89.0 Å². The lowest BCUT2D eigenvalue weighted by Gasteiger charge is -2.29. The Morgan fingerprint density at radius 3 is 2.56 bits per heavy atom. The molecule has 3 aliphatic rings. The molecule has 216 valence electrons. The van der Waals surface area contributed by atoms with Crippen molar-refractivity contribution in [3.63, 3.8) is 0 Å². The third-order valence-corrected chi connectivity index (χ3v) is 6.66. The van der Waals surface area contributed by atoms with Crippen LogP contribution >= 0.6 is 7.82 Å². The van der Waals surface area contributed by atoms with Gasteiger partial charge in [-0.3, -0.25) is 39.5 Å². The number of hydrogen-bond donors (Lipinski definition) is 2. The SMILES string of the molecule is [N-]=[N+]=Nc1nc2c(N)ncnc2n1[C@@H]1O[C@H](COP(=O)([O-])O)[C@H]2OC3(CC([N+](=O)[O-])=C([N+](=O)[O-])C=C3[N+](=O)[O-])O[C@H]21. The van der Waals surface area contributed by atoms with Crippen LogP contribution in [0.4, 0.5) is 11.8 Å². The number of rotatable bonds is 8. The average molecular weight is 598 g/mol. The normalized spacial score (nSPS) is 28.7. The summed E-state index contributed by atoms with van der Waals surface area (Å²) in [7, 11) is -5.35. The highest BCUT2D eigenvalue weighted by atomic mass is 31.2. The highest BCUT2D eigenvalue weighted by Crippen LogP contribution is 2.52. The number of azide groups is 1. The topological polar surface area (TPSA) is 345 Å². The number of nitrogens with two attached hydrogens (primary N) is 1. The van der Waals surface area contributed by atoms with Crippen molar-refractivity contribution >= 4 is 30.8 Å². The third-order valence-electron chi connectivity index (χ3n) is 6.19. The van der Waals surface area contributed by atoms with Gasteiger partial charge in [0.25, 0.3) is 13.6 Å². The summed E-state index contributed by atoms with van der Waals surface area (Å²) in [6.07, 6.45) is -5.96. The van der Waals surface area contributed by atoms with Crippen molar-refractivity contribution in [2.45, 2.75) is 36.7 Å². The van der Waals surface area contributed by atoms with Crippen molar-refractivity contribution in [2.75, 3.05) is 12.3 Å². The molecule has 24 nitrogen and oxygen atoms in total. The molecule has 1 spiro atoms. The molecule has 2 saturated heterocycles. The lowest BCUT2D eigenvalue weighted by Crippen LogP contribution is -2.43. The smallest absolute Gasteiger partial charge is 0.348 e. The molecule has 2 aliphatic heterocycles. The van der Waals surface area contributed by atoms with Crippen LogP contribution in [0, 0.1) is 30.3 Å². The van der Waals surface area contributed by atoms with Gasteiger partial charge >= 0.3 is 17.1 Å². The molecule has 41 heavy (non-hydrogen) atoms. The highest BCUT2D eigenvalue weighted by Gasteiger charge is 2.67. The molecular weight excluding hydrogens is 585 g/mol. The second-order valence-electron chi connectivity index (χ2n) is 8.46. The molecule has 0 radical (unpaired) electrons. The fraction of sp³-hybridized carbons (Fsp3) is 0.438. The highest BCUT2D eigenvalue weighted by molar-refractivity contribution is 7.44. The van der Waals surface area contributed by atoms with E-state index in [9.17, 15) is 39.8 Å². The van der Waals surface area contributed by atoms with E-state index in [1.807, 2.05) is 0 Å². The minimum absolute atomic E-state index is 0.0828. The first-order valence-corrected chi connectivity index (χ1v) is 12.4. The van der Waals surface area contributed by atoms with Crippen LogP contribution in [-0.4, -0.2) is 69.9 Å². The van der Waals surface area contributed by atoms with Gasteiger partial charge in [0.15, 0.2) is 23.2 Å². The first kappa shape index (κ1) is 27.9. The summed E-state index contributed by atoms with van der Waals surface area (Å²) in [6.45, 7) is -0.954. The molecule has 5 rings (SSSR count). The third kappa shape index (κ3) is 4.71. The van der Waals surface area contributed by atoms with Gasteiger partial charge in [-0.15, -0.1) is 0 Å². The quantitative estimate of drug-likeness (QED) is 0.0968. The number of ether oxygens (including phenoxy) is 3. The zero-order valence-corrected chi connectivity index (χ0v) is 20.6. The van der Waals surface area contributed by atoms with E-state index in [1.54, 1.807) is 0 Å². The van der Waals surface area contributed by atoms with E-state index in [-0.39, 0.29) is 17.0 Å². The molecule has 0 aromatic carbocycles. The molecule has 3 N–H and O–H groups in total. The Labute approximate surface area is 223 Å². The fourth-order valence-corrected chi connectivity index (χ4v) is 4.98. The van der Waals surface area contributed by atoms with Crippen LogP contribution in [0.5, 0.6) is 0 Å². The maximum Gasteiger partial charge on any atom is 0.348 e. The van der Waals surface area contributed by atoms with Gasteiger partial charge in [0.1, 0.15) is 37.1 Å². The Morgan fingerprint density at radius 2 is 1.95 bits per heavy atom. The number of allylic oxidation sites excluding steroid dienone is 1. The maximum absolute atomic E-state index is 12.0. The molecule has 25 heteroatoms. The van der Waals surface area contributed by atoms with E-state index in [0.29, 0.717) is 6.08 Å². The lowest BCUT2D eigenvalue weighted by molar-refractivity contribution is -0.493. The van der Waals surface area contributed by atoms with E-state index in [2.05, 4.69) is 29.5 Å². The van der Waals surface area contributed by atoms with Crippen LogP contribution in [0.3, 0.4) is 0 Å². The molecule has 2 aromatic heterocycles. The van der Waals surface area contributed by atoms with E-state index in [1.165, 1.54) is 0 Å². The van der Waals surface area contributed by atoms with Crippen LogP contribution in [0.2, 0.25) is 0 Å². The summed E-state index contributed by atoms with van der Waals surface area (Å²) in [6, 6.07) is 0. The number of aromatic nitrogens is 4. The van der Waals surface area contributed by atoms with Crippen LogP contribution in [-0.2, 0) is 23.3 Å². The van der Waals surface area contributed by atoms with Crippen LogP contribution in [0.15, 0.2) is 34.6 Å². The molecule has 2 fully saturated rings. The van der Waals surface area contributed by atoms with E-state index in [4.69, 9.17) is 30.4 Å². The summed E-state index contributed by atoms with van der Waals surface area (Å²) >= 11 is 0. The minimum Gasteiger partial charge on any atom is -0.756 e. The van der Waals surface area contributed by atoms with Gasteiger partial charge in [-0.05, 0) is 10.6 Å². The monoisotopic (exact) mass is 598 g/mol. The average Bonchev–Trinajstić information content (AvgIpc) is 3.52. The Hall–Kier alpha value is -4.67. The van der Waals surface area contributed by atoms with Gasteiger partial charge < -0.3 is 34.3 Å². The number of nitrogens with zero attached hydrogens (tertiary/aromatic N) is 10. The van der Waals surface area contributed by atoms with Crippen molar-refractivity contribution in [3.8, 4) is 0 Å². The van der Waals surface area contributed by atoms with Crippen molar-refractivity contribution in [1.29, 1.82) is 0 Å². The zero-order valence-electron chi connectivity index (χ0n) is 19.7. The molecule has 6 atom stereocenters. The molecule has 0 saturated carbocycles. The van der Waals surface area contributed by atoms with Crippen LogP contribution in [0.1, 0.15) is 12.6 Å². The van der Waals surface area contributed by atoms with Gasteiger partial charge in [0.2, 0.25) is 5.95 Å². The molecule has 2 unspecified atom stereocenters. The first-order valence-electron chi connectivity index (χ1n) is 10.9. The summed E-state index contributed by atoms with van der Waals surface area (Å²) < 4.78 is 34.2. The Morgan fingerprint density at radius 1 is 1.24 bits per heavy atom. The molecule has 0 amide bonds. The number of imidazole rings is 1. The predicted octanol–water partition coefficient (Wildman–Crippen LogP) is -0.465. The molecule has 0 bridgehead atoms. The van der Waals surface area contributed by atoms with Crippen molar-refractivity contribution in [2.24, 2.45) is 5.11 Å². The van der Waals surface area contributed by atoms with Gasteiger partial charge in [0.05, 0.1) is 21.4 Å². The molecule has 2 aromatic rings. The van der Waals surface area contributed by atoms with E-state index >= 15 is 0 Å². The van der Waals surface area contributed by atoms with Crippen molar-refractivity contribution < 1.29 is 47.9 Å². The maximum atomic E-state index is 12.0. The fourth-order valence-electron chi connectivity index (χ4n) is 4.65. The number of anilines is 1. The minimum atomic E-state index is -5.35. The van der Waals surface area contributed by atoms with Gasteiger partial charge in [0, 0.05) is 4.91 Å². The van der Waals surface area contributed by atoms with Gasteiger partial charge in [-0.1, -0.05) is 0 Å². The van der Waals surface area contributed by atoms with Crippen LogP contribution < -0.4 is 10.6 Å². The van der Waals surface area contributed by atoms with Gasteiger partial charge in [-0.25, -0.2) is 15.0 Å². The summed E-state index contributed by atoms with van der Waals surface area (Å²) in [5, 5.41) is 38.5. The van der Waals surface area contributed by atoms with Crippen molar-refractivity contribution in [3.05, 3.63) is 70.3 Å². The van der Waals surface area contributed by atoms with Crippen LogP contribution in [0.25, 0.3) is 21.6 Å². The standard InChI is InChI=1S/C16H14N11O13P/c17-12-9-13(20-4-19-12)24(15(21-9)22-23-18)14-11-10(7(38-14)3-37-41(34,35)36)39-16(40-11)2-6(26(30)31)5(25(28)29)1-8(16)27(32)33/h1,4,7,10-11,14H,2-3H2,(H2,17,19,20)(H2,34,35,36)/p-1/t7-,10-,11-,14-,16?/m1/s1. The summed E-state index contributed by atoms with van der Waals surface area (Å²) in [5.41, 5.74) is 11.3. The first-order chi connectivity index (χ1) is 19.3. The molecule has 1 aliphatic carbocycles. The molecule has 4 heterocycles. The van der Waals surface area contributed by atoms with E-state index in [0.717, 1.165) is 10.9 Å². The number of phosphoric ester groups is 1. The zero-order chi connectivity index (χ0) is 29.9. The Kier molecular flexibility index (Phi) is 6.63. The number of hydrogen-bond acceptors (Lipinski definition) is 17. The summed E-state index contributed by atoms with van der Waals surface area (Å²) in [4.78, 5) is 66.5. The lowest BCUT2D eigenvalue weighted by atomic mass is 9.99. The number of fused-ring (bicyclic) bond motifs is 2. The summed E-state index contributed by atoms with van der Waals surface area (Å²) in [5.74, 6) is -3.22. The molecular formula is C16H13N11O13P-. The largest absolute Gasteiger partial charge is 0.756 e.